The highest BCUT2D eigenvalue weighted by molar-refractivity contribution is 6.35. The maximum Gasteiger partial charge on any atom is 0.161 e. The summed E-state index contributed by atoms with van der Waals surface area (Å²) in [5.74, 6) is 2.64. The van der Waals surface area contributed by atoms with Crippen LogP contribution in [0.5, 0.6) is 11.5 Å². The molecule has 0 N–H and O–H groups in total. The number of rotatable bonds is 6. The predicted octanol–water partition coefficient (Wildman–Crippen LogP) is 4.67. The Labute approximate surface area is 167 Å². The fraction of sp³-hybridized carbons (Fsp3) is 0.211. The third kappa shape index (κ3) is 4.59. The van der Waals surface area contributed by atoms with E-state index in [4.69, 9.17) is 32.7 Å². The summed E-state index contributed by atoms with van der Waals surface area (Å²) < 4.78 is 13.0. The van der Waals surface area contributed by atoms with Gasteiger partial charge in [-0.05, 0) is 49.7 Å². The molecule has 2 aromatic carbocycles. The fourth-order valence-electron chi connectivity index (χ4n) is 2.43. The van der Waals surface area contributed by atoms with Gasteiger partial charge in [0.05, 0.1) is 13.3 Å². The second kappa shape index (κ2) is 8.41. The molecule has 6 nitrogen and oxygen atoms in total. The first-order chi connectivity index (χ1) is 13.0. The minimum atomic E-state index is 0.304. The number of hydrogen-bond acceptors (Lipinski definition) is 5. The lowest BCUT2D eigenvalue weighted by Crippen LogP contribution is -2.00. The highest BCUT2D eigenvalue weighted by Crippen LogP contribution is 2.29. The lowest BCUT2D eigenvalue weighted by Gasteiger charge is -2.12. The number of nitrogens with zero attached hydrogens (tertiary/aromatic N) is 4. The monoisotopic (exact) mass is 404 g/mol. The van der Waals surface area contributed by atoms with Crippen LogP contribution in [0.1, 0.15) is 22.8 Å². The normalized spacial score (nSPS) is 11.1. The summed E-state index contributed by atoms with van der Waals surface area (Å²) in [6.07, 6.45) is 1.71. The maximum atomic E-state index is 6.18. The van der Waals surface area contributed by atoms with E-state index >= 15 is 0 Å². The van der Waals surface area contributed by atoms with Gasteiger partial charge in [-0.3, -0.25) is 0 Å². The fourth-order valence-corrected chi connectivity index (χ4v) is 2.90. The smallest absolute Gasteiger partial charge is 0.161 e. The van der Waals surface area contributed by atoms with Crippen molar-refractivity contribution in [1.29, 1.82) is 0 Å². The summed E-state index contributed by atoms with van der Waals surface area (Å²) in [7, 11) is 1.59. The summed E-state index contributed by atoms with van der Waals surface area (Å²) in [6, 6.07) is 10.9. The molecule has 0 unspecified atom stereocenters. The third-order valence-corrected chi connectivity index (χ3v) is 4.45. The minimum Gasteiger partial charge on any atom is -0.493 e. The number of benzene rings is 2. The van der Waals surface area contributed by atoms with Crippen LogP contribution in [0.3, 0.4) is 0 Å². The van der Waals surface area contributed by atoms with Crippen molar-refractivity contribution in [3.8, 4) is 11.5 Å². The van der Waals surface area contributed by atoms with Crippen LogP contribution in [-0.4, -0.2) is 28.2 Å². The van der Waals surface area contributed by atoms with Crippen LogP contribution < -0.4 is 9.47 Å². The molecule has 3 aromatic rings. The first kappa shape index (κ1) is 19.2. The van der Waals surface area contributed by atoms with Gasteiger partial charge in [-0.1, -0.05) is 29.3 Å². The molecule has 8 heteroatoms. The Morgan fingerprint density at radius 3 is 2.44 bits per heavy atom. The molecule has 27 heavy (non-hydrogen) atoms. The summed E-state index contributed by atoms with van der Waals surface area (Å²) in [5, 5.41) is 13.5. The molecule has 3 rings (SSSR count). The average Bonchev–Trinajstić information content (AvgIpc) is 2.97. The van der Waals surface area contributed by atoms with Crippen LogP contribution in [0.25, 0.3) is 0 Å². The molecule has 0 saturated carbocycles. The van der Waals surface area contributed by atoms with Crippen molar-refractivity contribution in [2.24, 2.45) is 5.10 Å². The second-order valence-corrected chi connectivity index (χ2v) is 6.63. The van der Waals surface area contributed by atoms with E-state index in [2.05, 4.69) is 15.3 Å². The third-order valence-electron chi connectivity index (χ3n) is 3.86. The topological polar surface area (TPSA) is 61.5 Å². The summed E-state index contributed by atoms with van der Waals surface area (Å²) in [4.78, 5) is 0. The standard InChI is InChI=1S/C19H18Cl2N4O2/c1-12-23-24-13(2)25(12)22-10-14-4-7-18(19(8-14)26-3)27-11-15-5-6-16(20)9-17(15)21/h4-10H,11H2,1-3H3/b22-10-. The number of ether oxygens (including phenoxy) is 2. The van der Waals surface area contributed by atoms with Gasteiger partial charge in [0.1, 0.15) is 6.61 Å². The average molecular weight is 405 g/mol. The molecular weight excluding hydrogens is 387 g/mol. The second-order valence-electron chi connectivity index (χ2n) is 5.79. The van der Waals surface area contributed by atoms with E-state index in [1.807, 2.05) is 38.1 Å². The summed E-state index contributed by atoms with van der Waals surface area (Å²) in [5.41, 5.74) is 1.70. The van der Waals surface area contributed by atoms with Crippen molar-refractivity contribution in [2.45, 2.75) is 20.5 Å². The zero-order chi connectivity index (χ0) is 19.4. The van der Waals surface area contributed by atoms with Crippen molar-refractivity contribution in [3.63, 3.8) is 0 Å². The lowest BCUT2D eigenvalue weighted by atomic mass is 10.2. The lowest BCUT2D eigenvalue weighted by molar-refractivity contribution is 0.284. The molecule has 0 fully saturated rings. The van der Waals surface area contributed by atoms with Crippen LogP contribution in [0.15, 0.2) is 41.5 Å². The largest absolute Gasteiger partial charge is 0.493 e. The molecule has 0 saturated heterocycles. The Morgan fingerprint density at radius 2 is 1.78 bits per heavy atom. The molecule has 0 aliphatic heterocycles. The molecule has 0 radical (unpaired) electrons. The molecule has 0 amide bonds. The van der Waals surface area contributed by atoms with E-state index in [1.54, 1.807) is 30.1 Å². The van der Waals surface area contributed by atoms with E-state index < -0.39 is 0 Å². The van der Waals surface area contributed by atoms with E-state index in [9.17, 15) is 0 Å². The van der Waals surface area contributed by atoms with E-state index in [0.29, 0.717) is 28.2 Å². The number of methoxy groups -OCH3 is 1. The molecule has 140 valence electrons. The van der Waals surface area contributed by atoms with Gasteiger partial charge in [-0.25, -0.2) is 4.68 Å². The zero-order valence-electron chi connectivity index (χ0n) is 15.1. The van der Waals surface area contributed by atoms with Gasteiger partial charge in [0, 0.05) is 15.6 Å². The zero-order valence-corrected chi connectivity index (χ0v) is 16.6. The number of aromatic nitrogens is 3. The number of halogens is 2. The van der Waals surface area contributed by atoms with Crippen molar-refractivity contribution >= 4 is 29.4 Å². The molecule has 0 spiro atoms. The Balaban J connectivity index is 1.76. The molecular formula is C19H18Cl2N4O2. The summed E-state index contributed by atoms with van der Waals surface area (Å²) in [6.45, 7) is 3.99. The van der Waals surface area contributed by atoms with E-state index in [0.717, 1.165) is 22.8 Å². The first-order valence-corrected chi connectivity index (χ1v) is 8.91. The Kier molecular flexibility index (Phi) is 5.98. The highest BCUT2D eigenvalue weighted by atomic mass is 35.5. The van der Waals surface area contributed by atoms with E-state index in [1.165, 1.54) is 0 Å². The Bertz CT molecular complexity index is 966. The molecule has 0 bridgehead atoms. The first-order valence-electron chi connectivity index (χ1n) is 8.15. The molecule has 1 aromatic heterocycles. The molecule has 0 atom stereocenters. The molecule has 0 aliphatic rings. The van der Waals surface area contributed by atoms with Gasteiger partial charge in [0.15, 0.2) is 23.1 Å². The Morgan fingerprint density at radius 1 is 1.04 bits per heavy atom. The van der Waals surface area contributed by atoms with Gasteiger partial charge in [-0.2, -0.15) is 5.10 Å². The van der Waals surface area contributed by atoms with Gasteiger partial charge < -0.3 is 9.47 Å². The maximum absolute atomic E-state index is 6.18. The predicted molar refractivity (Wildman–Crippen MR) is 106 cm³/mol. The van der Waals surface area contributed by atoms with Crippen molar-refractivity contribution < 1.29 is 9.47 Å². The van der Waals surface area contributed by atoms with Gasteiger partial charge in [-0.15, -0.1) is 10.2 Å². The Hall–Kier alpha value is -2.57. The van der Waals surface area contributed by atoms with Crippen LogP contribution >= 0.6 is 23.2 Å². The van der Waals surface area contributed by atoms with Gasteiger partial charge >= 0.3 is 0 Å². The van der Waals surface area contributed by atoms with E-state index in [-0.39, 0.29) is 0 Å². The number of hydrogen-bond donors (Lipinski definition) is 0. The SMILES string of the molecule is COc1cc(/C=N\n2c(C)nnc2C)ccc1OCc1ccc(Cl)cc1Cl. The minimum absolute atomic E-state index is 0.304. The van der Waals surface area contributed by atoms with Crippen molar-refractivity contribution in [2.75, 3.05) is 7.11 Å². The molecule has 0 aliphatic carbocycles. The van der Waals surface area contributed by atoms with Crippen LogP contribution in [0.2, 0.25) is 10.0 Å². The highest BCUT2D eigenvalue weighted by Gasteiger charge is 2.08. The summed E-state index contributed by atoms with van der Waals surface area (Å²) >= 11 is 12.1. The van der Waals surface area contributed by atoms with Crippen LogP contribution in [0.4, 0.5) is 0 Å². The quantitative estimate of drug-likeness (QED) is 0.559. The van der Waals surface area contributed by atoms with Gasteiger partial charge in [0.2, 0.25) is 0 Å². The van der Waals surface area contributed by atoms with Crippen molar-refractivity contribution in [3.05, 3.63) is 69.2 Å². The van der Waals surface area contributed by atoms with Gasteiger partial charge in [0.25, 0.3) is 0 Å². The molecule has 1 heterocycles. The van der Waals surface area contributed by atoms with Crippen LogP contribution in [0, 0.1) is 13.8 Å². The van der Waals surface area contributed by atoms with Crippen molar-refractivity contribution in [1.82, 2.24) is 14.9 Å². The van der Waals surface area contributed by atoms with Crippen LogP contribution in [-0.2, 0) is 6.61 Å². The number of aryl methyl sites for hydroxylation is 2.